The zero-order chi connectivity index (χ0) is 10.8. The molecule has 4 nitrogen and oxygen atoms in total. The summed E-state index contributed by atoms with van der Waals surface area (Å²) in [5, 5.41) is 9.38. The fraction of sp³-hybridized carbons (Fsp3) is 0.400. The zero-order valence-electron chi connectivity index (χ0n) is 8.53. The van der Waals surface area contributed by atoms with Crippen LogP contribution in [-0.2, 0) is 0 Å². The van der Waals surface area contributed by atoms with E-state index in [-0.39, 0.29) is 22.4 Å². The predicted molar refractivity (Wildman–Crippen MR) is 56.1 cm³/mol. The van der Waals surface area contributed by atoms with Gasteiger partial charge in [0, 0.05) is 12.4 Å². The van der Waals surface area contributed by atoms with Crippen LogP contribution in [0.1, 0.15) is 26.3 Å². The molecular weight excluding hydrogens is 180 g/mol. The molecule has 0 saturated heterocycles. The van der Waals surface area contributed by atoms with Crippen molar-refractivity contribution in [2.45, 2.75) is 26.3 Å². The Morgan fingerprint density at radius 3 is 2.64 bits per heavy atom. The molecule has 1 aromatic rings. The Labute approximate surface area is 82.3 Å². The van der Waals surface area contributed by atoms with E-state index in [9.17, 15) is 9.90 Å². The molecule has 0 aliphatic carbocycles. The van der Waals surface area contributed by atoms with Crippen molar-refractivity contribution in [3.63, 3.8) is 0 Å². The third kappa shape index (κ3) is 2.73. The number of aromatic hydroxyl groups is 1. The number of aliphatic imine (C=N–C) groups is 1. The van der Waals surface area contributed by atoms with Crippen LogP contribution >= 0.6 is 0 Å². The van der Waals surface area contributed by atoms with Crippen LogP contribution in [0, 0.1) is 0 Å². The van der Waals surface area contributed by atoms with Gasteiger partial charge in [-0.05, 0) is 26.8 Å². The number of pyridine rings is 1. The molecule has 76 valence electrons. The van der Waals surface area contributed by atoms with Gasteiger partial charge in [-0.25, -0.2) is 0 Å². The molecule has 0 aliphatic rings. The molecule has 0 aromatic carbocycles. The van der Waals surface area contributed by atoms with E-state index in [1.54, 1.807) is 0 Å². The predicted octanol–water partition coefficient (Wildman–Crippen LogP) is 1.30. The van der Waals surface area contributed by atoms with E-state index in [0.29, 0.717) is 0 Å². The van der Waals surface area contributed by atoms with Crippen molar-refractivity contribution in [1.82, 2.24) is 4.98 Å². The Kier molecular flexibility index (Phi) is 2.74. The molecule has 14 heavy (non-hydrogen) atoms. The second-order valence-electron chi connectivity index (χ2n) is 4.03. The summed E-state index contributed by atoms with van der Waals surface area (Å²) in [7, 11) is 0. The highest BCUT2D eigenvalue weighted by Gasteiger charge is 2.07. The maximum Gasteiger partial charge on any atom is 0.260 e. The fourth-order valence-corrected chi connectivity index (χ4v) is 0.863. The lowest BCUT2D eigenvalue weighted by Crippen LogP contribution is -2.14. The minimum atomic E-state index is -0.335. The highest BCUT2D eigenvalue weighted by molar-refractivity contribution is 5.82. The van der Waals surface area contributed by atoms with Gasteiger partial charge in [-0.2, -0.15) is 0 Å². The molecule has 0 amide bonds. The Morgan fingerprint density at radius 2 is 2.14 bits per heavy atom. The summed E-state index contributed by atoms with van der Waals surface area (Å²) in [6.45, 7) is 5.74. The van der Waals surface area contributed by atoms with Gasteiger partial charge < -0.3 is 10.1 Å². The van der Waals surface area contributed by atoms with Gasteiger partial charge in [0.15, 0.2) is 0 Å². The first-order valence-corrected chi connectivity index (χ1v) is 4.36. The van der Waals surface area contributed by atoms with Crippen LogP contribution in [0.2, 0.25) is 0 Å². The topological polar surface area (TPSA) is 65.5 Å². The Hall–Kier alpha value is -1.58. The molecule has 4 heteroatoms. The quantitative estimate of drug-likeness (QED) is 0.662. The maximum atomic E-state index is 11.3. The van der Waals surface area contributed by atoms with Crippen molar-refractivity contribution < 1.29 is 5.11 Å². The molecule has 1 heterocycles. The van der Waals surface area contributed by atoms with Crippen molar-refractivity contribution >= 4 is 6.21 Å². The monoisotopic (exact) mass is 194 g/mol. The van der Waals surface area contributed by atoms with Crippen LogP contribution in [0.3, 0.4) is 0 Å². The number of nitrogens with one attached hydrogen (secondary N) is 1. The van der Waals surface area contributed by atoms with Crippen LogP contribution in [0.15, 0.2) is 22.1 Å². The van der Waals surface area contributed by atoms with E-state index in [1.165, 1.54) is 18.5 Å². The first-order chi connectivity index (χ1) is 6.40. The van der Waals surface area contributed by atoms with E-state index in [2.05, 4.69) is 9.98 Å². The van der Waals surface area contributed by atoms with Crippen LogP contribution in [0.25, 0.3) is 0 Å². The summed E-state index contributed by atoms with van der Waals surface area (Å²) in [6, 6.07) is 1.42. The van der Waals surface area contributed by atoms with Gasteiger partial charge >= 0.3 is 0 Å². The highest BCUT2D eigenvalue weighted by atomic mass is 16.3. The first-order valence-electron chi connectivity index (χ1n) is 4.36. The number of hydrogen-bond donors (Lipinski definition) is 2. The van der Waals surface area contributed by atoms with Gasteiger partial charge in [0.25, 0.3) is 5.56 Å². The van der Waals surface area contributed by atoms with E-state index >= 15 is 0 Å². The van der Waals surface area contributed by atoms with Crippen LogP contribution in [0.4, 0.5) is 0 Å². The molecule has 0 bridgehead atoms. The van der Waals surface area contributed by atoms with E-state index in [1.807, 2.05) is 20.8 Å². The average molecular weight is 194 g/mol. The third-order valence-corrected chi connectivity index (χ3v) is 1.56. The summed E-state index contributed by atoms with van der Waals surface area (Å²) in [6.07, 6.45) is 2.79. The zero-order valence-corrected chi connectivity index (χ0v) is 8.53. The van der Waals surface area contributed by atoms with Crippen molar-refractivity contribution in [2.24, 2.45) is 4.99 Å². The number of aromatic amines is 1. The number of H-pyrrole nitrogens is 1. The number of hydrogen-bond acceptors (Lipinski definition) is 3. The Morgan fingerprint density at radius 1 is 1.50 bits per heavy atom. The molecule has 0 aliphatic heterocycles. The molecule has 0 spiro atoms. The molecule has 0 unspecified atom stereocenters. The summed E-state index contributed by atoms with van der Waals surface area (Å²) >= 11 is 0. The van der Waals surface area contributed by atoms with Crippen LogP contribution < -0.4 is 5.56 Å². The second kappa shape index (κ2) is 3.65. The maximum absolute atomic E-state index is 11.3. The van der Waals surface area contributed by atoms with Gasteiger partial charge in [0.2, 0.25) is 0 Å². The molecule has 1 rings (SSSR count). The first kappa shape index (κ1) is 10.5. The van der Waals surface area contributed by atoms with Gasteiger partial charge in [-0.3, -0.25) is 9.79 Å². The number of aromatic nitrogens is 1. The average Bonchev–Trinajstić information content (AvgIpc) is 2.01. The molecule has 2 N–H and O–H groups in total. The van der Waals surface area contributed by atoms with Crippen LogP contribution in [-0.4, -0.2) is 21.8 Å². The molecular formula is C10H14N2O2. The molecule has 1 aromatic heterocycles. The third-order valence-electron chi connectivity index (χ3n) is 1.56. The van der Waals surface area contributed by atoms with Crippen LogP contribution in [0.5, 0.6) is 5.75 Å². The smallest absolute Gasteiger partial charge is 0.260 e. The number of rotatable bonds is 1. The van der Waals surface area contributed by atoms with Crippen molar-refractivity contribution in [3.05, 3.63) is 28.2 Å². The highest BCUT2D eigenvalue weighted by Crippen LogP contribution is 2.10. The fourth-order valence-electron chi connectivity index (χ4n) is 0.863. The summed E-state index contributed by atoms with van der Waals surface area (Å²) < 4.78 is 0. The van der Waals surface area contributed by atoms with Gasteiger partial charge in [-0.15, -0.1) is 0 Å². The summed E-state index contributed by atoms with van der Waals surface area (Å²) in [5.74, 6) is -0.0539. The van der Waals surface area contributed by atoms with Crippen molar-refractivity contribution in [2.75, 3.05) is 0 Å². The van der Waals surface area contributed by atoms with E-state index < -0.39 is 0 Å². The van der Waals surface area contributed by atoms with Gasteiger partial charge in [0.1, 0.15) is 5.75 Å². The molecule has 0 fully saturated rings. The van der Waals surface area contributed by atoms with Gasteiger partial charge in [0.05, 0.1) is 11.1 Å². The lowest BCUT2D eigenvalue weighted by atomic mass is 10.1. The Balaban J connectivity index is 3.09. The standard InChI is InChI=1S/C10H14N2O2/c1-10(2,3)12-6-7-8(13)4-5-11-9(7)14/h4-6H,1-3H3,(H2,11,13,14). The Bertz CT molecular complexity index is 399. The molecule has 0 atom stereocenters. The second-order valence-corrected chi connectivity index (χ2v) is 4.03. The van der Waals surface area contributed by atoms with Crippen molar-refractivity contribution in [1.29, 1.82) is 0 Å². The normalized spacial score (nSPS) is 12.2. The SMILES string of the molecule is CC(C)(C)N=Cc1c(O)cc[nH]c1=O. The largest absolute Gasteiger partial charge is 0.507 e. The summed E-state index contributed by atoms with van der Waals surface area (Å²) in [4.78, 5) is 17.9. The minimum absolute atomic E-state index is 0.0539. The number of nitrogens with zero attached hydrogens (tertiary/aromatic N) is 1. The molecule has 0 radical (unpaired) electrons. The van der Waals surface area contributed by atoms with Gasteiger partial charge in [-0.1, -0.05) is 0 Å². The molecule has 0 saturated carbocycles. The van der Waals surface area contributed by atoms with E-state index in [4.69, 9.17) is 0 Å². The minimum Gasteiger partial charge on any atom is -0.507 e. The summed E-state index contributed by atoms with van der Waals surface area (Å²) in [5.41, 5.74) is -0.394. The van der Waals surface area contributed by atoms with Crippen molar-refractivity contribution in [3.8, 4) is 5.75 Å². The van der Waals surface area contributed by atoms with E-state index in [0.717, 1.165) is 0 Å². The lowest BCUT2D eigenvalue weighted by molar-refractivity contribution is 0.472. The lowest BCUT2D eigenvalue weighted by Gasteiger charge is -2.10.